The van der Waals surface area contributed by atoms with E-state index < -0.39 is 6.04 Å². The molecule has 0 radical (unpaired) electrons. The molecule has 4 heteroatoms. The highest BCUT2D eigenvalue weighted by Crippen LogP contribution is 2.18. The molecule has 1 aromatic rings. The van der Waals surface area contributed by atoms with Crippen LogP contribution in [-0.4, -0.2) is 5.91 Å². The van der Waals surface area contributed by atoms with Gasteiger partial charge in [-0.05, 0) is 24.1 Å². The van der Waals surface area contributed by atoms with Crippen molar-refractivity contribution in [3.63, 3.8) is 0 Å². The van der Waals surface area contributed by atoms with Crippen LogP contribution in [0.2, 0.25) is 0 Å². The van der Waals surface area contributed by atoms with Crippen LogP contribution in [0.1, 0.15) is 31.9 Å². The molecule has 1 amide bonds. The Kier molecular flexibility index (Phi) is 5.17. The van der Waals surface area contributed by atoms with Crippen molar-refractivity contribution in [1.29, 1.82) is 5.26 Å². The van der Waals surface area contributed by atoms with E-state index in [4.69, 9.17) is 5.26 Å². The Morgan fingerprint density at radius 1 is 1.59 bits per heavy atom. The molecule has 0 aromatic heterocycles. The number of nitrogens with zero attached hydrogens (tertiary/aromatic N) is 1. The first-order valence-corrected chi connectivity index (χ1v) is 6.33. The van der Waals surface area contributed by atoms with Gasteiger partial charge < -0.3 is 5.32 Å². The largest absolute Gasteiger partial charge is 0.336 e. The summed E-state index contributed by atoms with van der Waals surface area (Å²) in [6.07, 6.45) is 0.766. The van der Waals surface area contributed by atoms with E-state index >= 15 is 0 Å². The summed E-state index contributed by atoms with van der Waals surface area (Å²) >= 11 is 3.35. The van der Waals surface area contributed by atoms with Gasteiger partial charge in [0.15, 0.2) is 0 Å². The molecule has 0 aliphatic carbocycles. The van der Waals surface area contributed by atoms with E-state index in [0.717, 1.165) is 16.5 Å². The van der Waals surface area contributed by atoms with Gasteiger partial charge in [0.2, 0.25) is 5.91 Å². The van der Waals surface area contributed by atoms with Gasteiger partial charge in [0, 0.05) is 10.4 Å². The van der Waals surface area contributed by atoms with Gasteiger partial charge in [-0.15, -0.1) is 0 Å². The molecular weight excluding hydrogens is 280 g/mol. The summed E-state index contributed by atoms with van der Waals surface area (Å²) in [6, 6.07) is 8.91. The average Bonchev–Trinajstić information content (AvgIpc) is 2.34. The highest BCUT2D eigenvalue weighted by atomic mass is 79.9. The lowest BCUT2D eigenvalue weighted by Gasteiger charge is -2.15. The van der Waals surface area contributed by atoms with E-state index in [1.807, 2.05) is 38.1 Å². The highest BCUT2D eigenvalue weighted by molar-refractivity contribution is 9.10. The third-order valence-corrected chi connectivity index (χ3v) is 3.15. The van der Waals surface area contributed by atoms with E-state index in [0.29, 0.717) is 0 Å². The Morgan fingerprint density at radius 3 is 2.82 bits per heavy atom. The third-order valence-electron chi connectivity index (χ3n) is 2.66. The van der Waals surface area contributed by atoms with Crippen molar-refractivity contribution < 1.29 is 4.79 Å². The predicted octanol–water partition coefficient (Wildman–Crippen LogP) is 3.18. The normalized spacial score (nSPS) is 13.5. The zero-order chi connectivity index (χ0) is 12.8. The first-order chi connectivity index (χ1) is 8.08. The van der Waals surface area contributed by atoms with Crippen LogP contribution in [0.15, 0.2) is 28.7 Å². The number of rotatable bonds is 4. The molecule has 0 saturated heterocycles. The molecule has 2 atom stereocenters. The van der Waals surface area contributed by atoms with Crippen LogP contribution in [-0.2, 0) is 4.79 Å². The van der Waals surface area contributed by atoms with Crippen LogP contribution in [0.5, 0.6) is 0 Å². The fourth-order valence-electron chi connectivity index (χ4n) is 1.35. The number of halogens is 1. The minimum Gasteiger partial charge on any atom is -0.336 e. The van der Waals surface area contributed by atoms with Crippen molar-refractivity contribution in [3.05, 3.63) is 34.3 Å². The van der Waals surface area contributed by atoms with Crippen molar-refractivity contribution in [2.45, 2.75) is 26.3 Å². The summed E-state index contributed by atoms with van der Waals surface area (Å²) in [5.41, 5.74) is 0.790. The number of amides is 1. The first kappa shape index (κ1) is 13.7. The summed E-state index contributed by atoms with van der Waals surface area (Å²) in [6.45, 7) is 3.80. The third kappa shape index (κ3) is 3.86. The Balaban J connectivity index is 2.80. The van der Waals surface area contributed by atoms with Crippen LogP contribution in [0.4, 0.5) is 0 Å². The van der Waals surface area contributed by atoms with Gasteiger partial charge in [-0.25, -0.2) is 0 Å². The van der Waals surface area contributed by atoms with Gasteiger partial charge in [0.1, 0.15) is 6.04 Å². The maximum Gasteiger partial charge on any atom is 0.224 e. The van der Waals surface area contributed by atoms with Crippen molar-refractivity contribution in [1.82, 2.24) is 5.32 Å². The Labute approximate surface area is 110 Å². The summed E-state index contributed by atoms with van der Waals surface area (Å²) in [4.78, 5) is 11.7. The van der Waals surface area contributed by atoms with Gasteiger partial charge >= 0.3 is 0 Å². The zero-order valence-electron chi connectivity index (χ0n) is 9.90. The minimum absolute atomic E-state index is 0.0713. The molecule has 1 rings (SSSR count). The number of carbonyl (C=O) groups is 1. The molecule has 17 heavy (non-hydrogen) atoms. The molecule has 0 saturated carbocycles. The molecule has 0 fully saturated rings. The predicted molar refractivity (Wildman–Crippen MR) is 70.1 cm³/mol. The smallest absolute Gasteiger partial charge is 0.224 e. The molecule has 1 N–H and O–H groups in total. The summed E-state index contributed by atoms with van der Waals surface area (Å²) < 4.78 is 0.896. The molecule has 90 valence electrons. The molecular formula is C13H15BrN2O. The molecule has 1 aromatic carbocycles. The van der Waals surface area contributed by atoms with Gasteiger partial charge in [-0.1, -0.05) is 41.9 Å². The van der Waals surface area contributed by atoms with Crippen LogP contribution >= 0.6 is 15.9 Å². The molecule has 0 aliphatic rings. The van der Waals surface area contributed by atoms with E-state index in [2.05, 4.69) is 27.3 Å². The van der Waals surface area contributed by atoms with Gasteiger partial charge in [-0.3, -0.25) is 4.79 Å². The Hall–Kier alpha value is -1.34. The average molecular weight is 295 g/mol. The lowest BCUT2D eigenvalue weighted by Crippen LogP contribution is -2.32. The fourth-order valence-corrected chi connectivity index (χ4v) is 1.76. The molecule has 0 bridgehead atoms. The Morgan fingerprint density at radius 2 is 2.29 bits per heavy atom. The maximum atomic E-state index is 11.7. The van der Waals surface area contributed by atoms with E-state index in [1.165, 1.54) is 0 Å². The van der Waals surface area contributed by atoms with Gasteiger partial charge in [0.25, 0.3) is 0 Å². The lowest BCUT2D eigenvalue weighted by atomic mass is 10.1. The summed E-state index contributed by atoms with van der Waals surface area (Å²) in [5.74, 6) is -0.156. The topological polar surface area (TPSA) is 52.9 Å². The number of nitriles is 1. The van der Waals surface area contributed by atoms with Crippen LogP contribution in [0, 0.1) is 17.2 Å². The second-order valence-electron chi connectivity index (χ2n) is 3.94. The van der Waals surface area contributed by atoms with Crippen molar-refractivity contribution in [2.24, 2.45) is 5.92 Å². The van der Waals surface area contributed by atoms with Crippen molar-refractivity contribution in [2.75, 3.05) is 0 Å². The number of hydrogen-bond donors (Lipinski definition) is 1. The van der Waals surface area contributed by atoms with E-state index in [9.17, 15) is 4.79 Å². The molecule has 0 unspecified atom stereocenters. The first-order valence-electron chi connectivity index (χ1n) is 5.54. The van der Waals surface area contributed by atoms with Gasteiger partial charge in [-0.2, -0.15) is 5.26 Å². The lowest BCUT2D eigenvalue weighted by molar-refractivity contribution is -0.125. The zero-order valence-corrected chi connectivity index (χ0v) is 11.5. The maximum absolute atomic E-state index is 11.7. The quantitative estimate of drug-likeness (QED) is 0.927. The number of benzene rings is 1. The van der Waals surface area contributed by atoms with Crippen molar-refractivity contribution >= 4 is 21.8 Å². The number of hydrogen-bond acceptors (Lipinski definition) is 2. The molecule has 0 spiro atoms. The standard InChI is InChI=1S/C13H15BrN2O/c1-3-9(2)13(17)16-12(8-15)10-5-4-6-11(14)7-10/h4-7,9,12H,3H2,1-2H3,(H,16,17)/t9-,12+/m1/s1. The van der Waals surface area contributed by atoms with E-state index in [1.54, 1.807) is 0 Å². The highest BCUT2D eigenvalue weighted by Gasteiger charge is 2.17. The summed E-state index contributed by atoms with van der Waals surface area (Å²) in [5, 5.41) is 11.8. The molecule has 0 heterocycles. The second-order valence-corrected chi connectivity index (χ2v) is 4.85. The van der Waals surface area contributed by atoms with Crippen molar-refractivity contribution in [3.8, 4) is 6.07 Å². The van der Waals surface area contributed by atoms with Crippen LogP contribution < -0.4 is 5.32 Å². The molecule has 0 aliphatic heterocycles. The second kappa shape index (κ2) is 6.41. The minimum atomic E-state index is -0.589. The summed E-state index contributed by atoms with van der Waals surface area (Å²) in [7, 11) is 0. The number of nitrogens with one attached hydrogen (secondary N) is 1. The van der Waals surface area contributed by atoms with Crippen LogP contribution in [0.3, 0.4) is 0 Å². The van der Waals surface area contributed by atoms with E-state index in [-0.39, 0.29) is 11.8 Å². The number of carbonyl (C=O) groups excluding carboxylic acids is 1. The van der Waals surface area contributed by atoms with Gasteiger partial charge in [0.05, 0.1) is 6.07 Å². The SMILES string of the molecule is CC[C@@H](C)C(=O)N[C@@H](C#N)c1cccc(Br)c1. The molecule has 3 nitrogen and oxygen atoms in total. The fraction of sp³-hybridized carbons (Fsp3) is 0.385. The van der Waals surface area contributed by atoms with Crippen LogP contribution in [0.25, 0.3) is 0 Å². The monoisotopic (exact) mass is 294 g/mol. The Bertz CT molecular complexity index is 439.